The van der Waals surface area contributed by atoms with Gasteiger partial charge in [-0.1, -0.05) is 0 Å². The summed E-state index contributed by atoms with van der Waals surface area (Å²) in [6, 6.07) is 1.88. The molecule has 1 aliphatic heterocycles. The van der Waals surface area contributed by atoms with Crippen LogP contribution in [0.15, 0.2) is 18.5 Å². The van der Waals surface area contributed by atoms with Crippen molar-refractivity contribution in [3.8, 4) is 0 Å². The highest BCUT2D eigenvalue weighted by Gasteiger charge is 2.34. The predicted molar refractivity (Wildman–Crippen MR) is 73.8 cm³/mol. The highest BCUT2D eigenvalue weighted by molar-refractivity contribution is 5.85. The molecule has 0 radical (unpaired) electrons. The molecule has 0 unspecified atom stereocenters. The van der Waals surface area contributed by atoms with Crippen LogP contribution in [-0.2, 0) is 11.3 Å². The van der Waals surface area contributed by atoms with E-state index in [1.54, 1.807) is 6.20 Å². The minimum atomic E-state index is -0.452. The summed E-state index contributed by atoms with van der Waals surface area (Å²) in [5.41, 5.74) is -0.452. The molecule has 1 aromatic rings. The minimum Gasteiger partial charge on any atom is -0.353 e. The zero-order chi connectivity index (χ0) is 13.7. The van der Waals surface area contributed by atoms with Crippen molar-refractivity contribution in [2.45, 2.75) is 25.9 Å². The molecule has 0 spiro atoms. The summed E-state index contributed by atoms with van der Waals surface area (Å²) < 4.78 is 1.82. The van der Waals surface area contributed by atoms with Crippen LogP contribution in [0.1, 0.15) is 13.8 Å². The molecule has 1 aliphatic rings. The third-order valence-electron chi connectivity index (χ3n) is 3.65. The number of nitrogens with zero attached hydrogens (tertiary/aromatic N) is 3. The Morgan fingerprint density at radius 2 is 2.16 bits per heavy atom. The molecule has 1 fully saturated rings. The van der Waals surface area contributed by atoms with Crippen LogP contribution >= 0.6 is 0 Å². The highest BCUT2D eigenvalue weighted by Crippen LogP contribution is 2.14. The first-order valence-corrected chi connectivity index (χ1v) is 6.82. The van der Waals surface area contributed by atoms with E-state index in [0.717, 1.165) is 26.2 Å². The Balaban J connectivity index is 1.80. The van der Waals surface area contributed by atoms with Crippen LogP contribution in [-0.4, -0.2) is 58.9 Å². The summed E-state index contributed by atoms with van der Waals surface area (Å²) in [6.45, 7) is 9.02. The average molecular weight is 265 g/mol. The van der Waals surface area contributed by atoms with Crippen molar-refractivity contribution < 1.29 is 4.79 Å². The molecule has 0 bridgehead atoms. The summed E-state index contributed by atoms with van der Waals surface area (Å²) in [5, 5.41) is 10.4. The topological polar surface area (TPSA) is 62.2 Å². The summed E-state index contributed by atoms with van der Waals surface area (Å²) >= 11 is 0. The lowest BCUT2D eigenvalue weighted by molar-refractivity contribution is -0.132. The normalized spacial score (nSPS) is 17.4. The standard InChI is InChI=1S/C13H23N5O/c1-13(2,17-9-5-14-6-10-17)12(19)15-7-11-18-8-3-4-16-18/h3-4,8,14H,5-7,9-11H2,1-2H3,(H,15,19). The number of piperazine rings is 1. The second kappa shape index (κ2) is 6.16. The second-order valence-corrected chi connectivity index (χ2v) is 5.32. The molecule has 0 atom stereocenters. The third-order valence-corrected chi connectivity index (χ3v) is 3.65. The fourth-order valence-corrected chi connectivity index (χ4v) is 2.30. The first-order chi connectivity index (χ1) is 9.10. The van der Waals surface area contributed by atoms with E-state index in [1.807, 2.05) is 30.8 Å². The molecule has 6 heteroatoms. The van der Waals surface area contributed by atoms with Gasteiger partial charge in [-0.2, -0.15) is 5.10 Å². The van der Waals surface area contributed by atoms with E-state index in [1.165, 1.54) is 0 Å². The Labute approximate surface area is 114 Å². The predicted octanol–water partition coefficient (Wildman–Crippen LogP) is -0.317. The molecule has 19 heavy (non-hydrogen) atoms. The quantitative estimate of drug-likeness (QED) is 0.766. The Bertz CT molecular complexity index is 395. The number of hydrogen-bond donors (Lipinski definition) is 2. The van der Waals surface area contributed by atoms with E-state index < -0.39 is 5.54 Å². The van der Waals surface area contributed by atoms with E-state index >= 15 is 0 Å². The summed E-state index contributed by atoms with van der Waals surface area (Å²) in [6.07, 6.45) is 3.64. The maximum atomic E-state index is 12.3. The molecule has 2 heterocycles. The first kappa shape index (κ1) is 14.0. The van der Waals surface area contributed by atoms with Crippen molar-refractivity contribution in [3.63, 3.8) is 0 Å². The number of aromatic nitrogens is 2. The van der Waals surface area contributed by atoms with Crippen LogP contribution in [0.4, 0.5) is 0 Å². The van der Waals surface area contributed by atoms with Crippen molar-refractivity contribution in [1.29, 1.82) is 0 Å². The summed E-state index contributed by atoms with van der Waals surface area (Å²) in [7, 11) is 0. The van der Waals surface area contributed by atoms with Crippen molar-refractivity contribution in [2.24, 2.45) is 0 Å². The Hall–Kier alpha value is -1.40. The van der Waals surface area contributed by atoms with E-state index in [9.17, 15) is 4.79 Å². The monoisotopic (exact) mass is 265 g/mol. The summed E-state index contributed by atoms with van der Waals surface area (Å²) in [5.74, 6) is 0.0848. The molecule has 1 aromatic heterocycles. The molecule has 0 saturated carbocycles. The highest BCUT2D eigenvalue weighted by atomic mass is 16.2. The van der Waals surface area contributed by atoms with Crippen LogP contribution < -0.4 is 10.6 Å². The number of carbonyl (C=O) groups excluding carboxylic acids is 1. The van der Waals surface area contributed by atoms with Gasteiger partial charge in [0.2, 0.25) is 5.91 Å². The Kier molecular flexibility index (Phi) is 4.55. The van der Waals surface area contributed by atoms with Gasteiger partial charge in [0.1, 0.15) is 0 Å². The minimum absolute atomic E-state index is 0.0848. The van der Waals surface area contributed by atoms with Gasteiger partial charge < -0.3 is 10.6 Å². The summed E-state index contributed by atoms with van der Waals surface area (Å²) in [4.78, 5) is 14.5. The fraction of sp³-hybridized carbons (Fsp3) is 0.692. The van der Waals surface area contributed by atoms with Crippen LogP contribution in [0, 0.1) is 0 Å². The largest absolute Gasteiger partial charge is 0.353 e. The molecule has 2 rings (SSSR count). The van der Waals surface area contributed by atoms with E-state index in [4.69, 9.17) is 0 Å². The zero-order valence-corrected chi connectivity index (χ0v) is 11.7. The van der Waals surface area contributed by atoms with Gasteiger partial charge in [0.15, 0.2) is 0 Å². The number of amides is 1. The van der Waals surface area contributed by atoms with Gasteiger partial charge in [0.25, 0.3) is 0 Å². The average Bonchev–Trinajstić information content (AvgIpc) is 2.93. The third kappa shape index (κ3) is 3.54. The fourth-order valence-electron chi connectivity index (χ4n) is 2.30. The van der Waals surface area contributed by atoms with Gasteiger partial charge in [-0.25, -0.2) is 0 Å². The molecule has 2 N–H and O–H groups in total. The lowest BCUT2D eigenvalue weighted by atomic mass is 10.0. The molecule has 106 valence electrons. The number of rotatable bonds is 5. The van der Waals surface area contributed by atoms with Crippen LogP contribution in [0.3, 0.4) is 0 Å². The molecule has 0 aromatic carbocycles. The lowest BCUT2D eigenvalue weighted by Crippen LogP contribution is -2.60. The van der Waals surface area contributed by atoms with Gasteiger partial charge in [0, 0.05) is 45.1 Å². The Morgan fingerprint density at radius 3 is 2.79 bits per heavy atom. The van der Waals surface area contributed by atoms with Crippen LogP contribution in [0.2, 0.25) is 0 Å². The molecule has 0 aliphatic carbocycles. The molecular formula is C13H23N5O. The van der Waals surface area contributed by atoms with Crippen LogP contribution in [0.5, 0.6) is 0 Å². The van der Waals surface area contributed by atoms with E-state index in [2.05, 4.69) is 20.6 Å². The van der Waals surface area contributed by atoms with E-state index in [0.29, 0.717) is 13.1 Å². The van der Waals surface area contributed by atoms with Crippen LogP contribution in [0.25, 0.3) is 0 Å². The van der Waals surface area contributed by atoms with Gasteiger partial charge >= 0.3 is 0 Å². The van der Waals surface area contributed by atoms with Crippen molar-refractivity contribution >= 4 is 5.91 Å². The van der Waals surface area contributed by atoms with Gasteiger partial charge in [0.05, 0.1) is 12.1 Å². The van der Waals surface area contributed by atoms with Crippen molar-refractivity contribution in [1.82, 2.24) is 25.3 Å². The number of hydrogen-bond acceptors (Lipinski definition) is 4. The van der Waals surface area contributed by atoms with Gasteiger partial charge in [-0.15, -0.1) is 0 Å². The molecular weight excluding hydrogens is 242 g/mol. The molecule has 1 amide bonds. The second-order valence-electron chi connectivity index (χ2n) is 5.32. The van der Waals surface area contributed by atoms with Crippen molar-refractivity contribution in [3.05, 3.63) is 18.5 Å². The number of nitrogens with one attached hydrogen (secondary N) is 2. The van der Waals surface area contributed by atoms with Gasteiger partial charge in [-0.3, -0.25) is 14.4 Å². The maximum Gasteiger partial charge on any atom is 0.240 e. The molecule has 1 saturated heterocycles. The van der Waals surface area contributed by atoms with Crippen molar-refractivity contribution in [2.75, 3.05) is 32.7 Å². The molecule has 6 nitrogen and oxygen atoms in total. The number of carbonyl (C=O) groups is 1. The smallest absolute Gasteiger partial charge is 0.240 e. The lowest BCUT2D eigenvalue weighted by Gasteiger charge is -2.39. The van der Waals surface area contributed by atoms with E-state index in [-0.39, 0.29) is 5.91 Å². The van der Waals surface area contributed by atoms with Gasteiger partial charge in [-0.05, 0) is 19.9 Å². The zero-order valence-electron chi connectivity index (χ0n) is 11.7. The SMILES string of the molecule is CC(C)(C(=O)NCCn1cccn1)N1CCNCC1. The Morgan fingerprint density at radius 1 is 1.42 bits per heavy atom. The first-order valence-electron chi connectivity index (χ1n) is 6.82. The maximum absolute atomic E-state index is 12.3.